The van der Waals surface area contributed by atoms with Crippen molar-refractivity contribution in [2.75, 3.05) is 13.2 Å². The molecule has 0 fully saturated rings. The van der Waals surface area contributed by atoms with Crippen LogP contribution < -0.4 is 0 Å². The van der Waals surface area contributed by atoms with Gasteiger partial charge in [-0.25, -0.2) is 0 Å². The minimum absolute atomic E-state index is 0.000729. The summed E-state index contributed by atoms with van der Waals surface area (Å²) < 4.78 is 18.5. The Morgan fingerprint density at radius 2 is 1.47 bits per heavy atom. The molecule has 0 saturated carbocycles. The summed E-state index contributed by atoms with van der Waals surface area (Å²) in [7, 11) is -1.92. The summed E-state index contributed by atoms with van der Waals surface area (Å²) in [5.41, 5.74) is 1.66. The third-order valence-electron chi connectivity index (χ3n) is 6.19. The van der Waals surface area contributed by atoms with Crippen LogP contribution in [-0.4, -0.2) is 48.0 Å². The number of rotatable bonds is 8. The predicted octanol–water partition coefficient (Wildman–Crippen LogP) is 5.13. The molecule has 8 heteroatoms. The fraction of sp³-hybridized carbons (Fsp3) is 0.727. The molecule has 3 heterocycles. The van der Waals surface area contributed by atoms with Gasteiger partial charge in [-0.3, -0.25) is 0 Å². The zero-order valence-electron chi connectivity index (χ0n) is 19.2. The van der Waals surface area contributed by atoms with Crippen molar-refractivity contribution in [3.8, 4) is 0 Å². The Balaban J connectivity index is 1.65. The average molecular weight is 433 g/mol. The van der Waals surface area contributed by atoms with Gasteiger partial charge in [-0.1, -0.05) is 41.5 Å². The van der Waals surface area contributed by atoms with Crippen LogP contribution in [0.5, 0.6) is 0 Å². The normalized spacial score (nSPS) is 20.1. The average Bonchev–Trinajstić information content (AvgIpc) is 2.74. The summed E-state index contributed by atoms with van der Waals surface area (Å²) in [4.78, 5) is 0. The molecule has 2 aliphatic rings. The molecule has 0 N–H and O–H groups in total. The monoisotopic (exact) mass is 432 g/mol. The predicted molar refractivity (Wildman–Crippen MR) is 120 cm³/mol. The third-order valence-corrected chi connectivity index (χ3v) is 12.3. The Hall–Kier alpha value is -1.80. The van der Waals surface area contributed by atoms with Gasteiger partial charge >= 0.3 is 0 Å². The second-order valence-corrected chi connectivity index (χ2v) is 14.6. The Morgan fingerprint density at radius 1 is 0.900 bits per heavy atom. The molecule has 1 aromatic heterocycles. The smallest absolute Gasteiger partial charge is 0.237 e. The first-order valence-electron chi connectivity index (χ1n) is 11.3. The summed E-state index contributed by atoms with van der Waals surface area (Å²) in [5, 5.41) is 16.9. The largest absolute Gasteiger partial charge is 0.490 e. The fourth-order valence-electron chi connectivity index (χ4n) is 4.83. The minimum Gasteiger partial charge on any atom is -0.490 e. The number of ether oxygens (including phenoxy) is 2. The molecule has 0 amide bonds. The van der Waals surface area contributed by atoms with Gasteiger partial charge in [0.25, 0.3) is 0 Å². The van der Waals surface area contributed by atoms with Crippen LogP contribution in [0.3, 0.4) is 0 Å². The van der Waals surface area contributed by atoms with Crippen molar-refractivity contribution in [2.45, 2.75) is 90.0 Å². The standard InChI is InChI=1S/C22H36N4O3Si/c1-15(2)30(16(3)4,17(5)6)28-14-18-10-9-12-20(29-18)22-25-23-21(24-26-22)19-11-7-8-13-27-19/h11-12,15-18H,7-10,13-14H2,1-6H3. The van der Waals surface area contributed by atoms with Crippen molar-refractivity contribution >= 4 is 19.8 Å². The molecular formula is C22H36N4O3Si. The molecule has 2 aliphatic heterocycles. The molecule has 0 saturated heterocycles. The van der Waals surface area contributed by atoms with Crippen LogP contribution in [0, 0.1) is 0 Å². The maximum Gasteiger partial charge on any atom is 0.237 e. The van der Waals surface area contributed by atoms with Crippen LogP contribution in [0.25, 0.3) is 11.5 Å². The van der Waals surface area contributed by atoms with Crippen molar-refractivity contribution in [2.24, 2.45) is 0 Å². The van der Waals surface area contributed by atoms with Crippen molar-refractivity contribution in [3.05, 3.63) is 23.8 Å². The van der Waals surface area contributed by atoms with Crippen LogP contribution >= 0.6 is 0 Å². The van der Waals surface area contributed by atoms with Crippen LogP contribution in [0.15, 0.2) is 12.2 Å². The summed E-state index contributed by atoms with van der Waals surface area (Å²) in [5.74, 6) is 2.15. The Labute approximate surface area is 181 Å². The quantitative estimate of drug-likeness (QED) is 0.527. The van der Waals surface area contributed by atoms with Gasteiger partial charge in [0, 0.05) is 0 Å². The van der Waals surface area contributed by atoms with Gasteiger partial charge in [-0.2, -0.15) is 0 Å². The molecule has 1 atom stereocenters. The minimum atomic E-state index is -1.92. The zero-order chi connectivity index (χ0) is 21.7. The molecule has 166 valence electrons. The number of allylic oxidation sites excluding steroid dienone is 2. The van der Waals surface area contributed by atoms with E-state index >= 15 is 0 Å². The van der Waals surface area contributed by atoms with Crippen LogP contribution in [0.2, 0.25) is 16.6 Å². The first-order valence-corrected chi connectivity index (χ1v) is 13.4. The summed E-state index contributed by atoms with van der Waals surface area (Å²) >= 11 is 0. The van der Waals surface area contributed by atoms with Crippen molar-refractivity contribution in [1.82, 2.24) is 20.4 Å². The third kappa shape index (κ3) is 4.91. The second kappa shape index (κ2) is 10.0. The van der Waals surface area contributed by atoms with Gasteiger partial charge in [0.05, 0.1) is 13.2 Å². The van der Waals surface area contributed by atoms with E-state index in [1.165, 1.54) is 0 Å². The van der Waals surface area contributed by atoms with E-state index in [2.05, 4.69) is 61.9 Å². The van der Waals surface area contributed by atoms with Crippen LogP contribution in [-0.2, 0) is 13.9 Å². The number of hydrogen-bond donors (Lipinski definition) is 0. The number of aromatic nitrogens is 4. The molecule has 0 aliphatic carbocycles. The lowest BCUT2D eigenvalue weighted by atomic mass is 10.1. The second-order valence-electron chi connectivity index (χ2n) is 9.12. The lowest BCUT2D eigenvalue weighted by Gasteiger charge is -2.43. The van der Waals surface area contributed by atoms with E-state index in [0.717, 1.165) is 25.7 Å². The van der Waals surface area contributed by atoms with Crippen molar-refractivity contribution in [1.29, 1.82) is 0 Å². The summed E-state index contributed by atoms with van der Waals surface area (Å²) in [6.45, 7) is 15.1. The maximum absolute atomic E-state index is 6.73. The molecule has 3 rings (SSSR count). The fourth-order valence-corrected chi connectivity index (χ4v) is 10.3. The molecule has 1 unspecified atom stereocenters. The highest BCUT2D eigenvalue weighted by molar-refractivity contribution is 6.77. The van der Waals surface area contributed by atoms with Gasteiger partial charge in [0.15, 0.2) is 11.5 Å². The lowest BCUT2D eigenvalue weighted by Crippen LogP contribution is -2.49. The van der Waals surface area contributed by atoms with Crippen LogP contribution in [0.4, 0.5) is 0 Å². The highest BCUT2D eigenvalue weighted by Crippen LogP contribution is 2.42. The zero-order valence-corrected chi connectivity index (χ0v) is 20.2. The maximum atomic E-state index is 6.73. The van der Waals surface area contributed by atoms with E-state index in [-0.39, 0.29) is 6.10 Å². The number of nitrogens with zero attached hydrogens (tertiary/aromatic N) is 4. The highest BCUT2D eigenvalue weighted by Gasteiger charge is 2.45. The molecule has 7 nitrogen and oxygen atoms in total. The van der Waals surface area contributed by atoms with Crippen LogP contribution in [0.1, 0.15) is 78.9 Å². The van der Waals surface area contributed by atoms with Crippen molar-refractivity contribution < 1.29 is 13.9 Å². The molecule has 0 aromatic carbocycles. The van der Waals surface area contributed by atoms with E-state index in [0.29, 0.717) is 53.0 Å². The van der Waals surface area contributed by atoms with E-state index in [4.69, 9.17) is 13.9 Å². The van der Waals surface area contributed by atoms with Gasteiger partial charge < -0.3 is 13.9 Å². The summed E-state index contributed by atoms with van der Waals surface area (Å²) in [6.07, 6.45) is 7.82. The van der Waals surface area contributed by atoms with Gasteiger partial charge in [-0.05, 0) is 54.5 Å². The molecule has 0 radical (unpaired) electrons. The number of hydrogen-bond acceptors (Lipinski definition) is 7. The first kappa shape index (κ1) is 22.9. The lowest BCUT2D eigenvalue weighted by molar-refractivity contribution is 0.0800. The Bertz CT molecular complexity index is 740. The van der Waals surface area contributed by atoms with Gasteiger partial charge in [-0.15, -0.1) is 20.4 Å². The van der Waals surface area contributed by atoms with E-state index < -0.39 is 8.32 Å². The van der Waals surface area contributed by atoms with E-state index in [1.54, 1.807) is 0 Å². The SMILES string of the molecule is CC(C)[Si](OCC1CCC=C(c2nnc(C3=CCCCO3)nn2)O1)(C(C)C)C(C)C. The topological polar surface area (TPSA) is 79.3 Å². The first-order chi connectivity index (χ1) is 14.3. The Kier molecular flexibility index (Phi) is 7.63. The summed E-state index contributed by atoms with van der Waals surface area (Å²) in [6, 6.07) is 0. The molecule has 0 bridgehead atoms. The Morgan fingerprint density at radius 3 is 2.00 bits per heavy atom. The van der Waals surface area contributed by atoms with Gasteiger partial charge in [0.2, 0.25) is 20.0 Å². The van der Waals surface area contributed by atoms with Gasteiger partial charge in [0.1, 0.15) is 6.10 Å². The molecule has 30 heavy (non-hydrogen) atoms. The molecule has 1 aromatic rings. The molecular weight excluding hydrogens is 396 g/mol. The van der Waals surface area contributed by atoms with E-state index in [9.17, 15) is 0 Å². The highest BCUT2D eigenvalue weighted by atomic mass is 28.4. The van der Waals surface area contributed by atoms with Crippen molar-refractivity contribution in [3.63, 3.8) is 0 Å². The van der Waals surface area contributed by atoms with E-state index in [1.807, 2.05) is 12.2 Å². The molecule has 0 spiro atoms.